The van der Waals surface area contributed by atoms with E-state index in [0.717, 1.165) is 43.4 Å². The number of aliphatic hydroxyl groups excluding tert-OH is 1. The summed E-state index contributed by atoms with van der Waals surface area (Å²) in [5.41, 5.74) is 0.972. The van der Waals surface area contributed by atoms with Crippen LogP contribution in [-0.4, -0.2) is 34.2 Å². The van der Waals surface area contributed by atoms with Gasteiger partial charge in [0.05, 0.1) is 18.3 Å². The maximum absolute atomic E-state index is 9.64. The number of oxazole rings is 1. The predicted molar refractivity (Wildman–Crippen MR) is 61.0 cm³/mol. The highest BCUT2D eigenvalue weighted by atomic mass is 16.4. The van der Waals surface area contributed by atoms with Crippen LogP contribution in [0.4, 0.5) is 0 Å². The third-order valence-corrected chi connectivity index (χ3v) is 3.38. The largest absolute Gasteiger partial charge is 0.444 e. The van der Waals surface area contributed by atoms with Gasteiger partial charge in [-0.25, -0.2) is 4.98 Å². The Hall–Kier alpha value is -0.870. The number of nitrogens with zero attached hydrogens (tertiary/aromatic N) is 2. The monoisotopic (exact) mass is 224 g/mol. The summed E-state index contributed by atoms with van der Waals surface area (Å²) in [5.74, 6) is 2.03. The van der Waals surface area contributed by atoms with Crippen LogP contribution < -0.4 is 0 Å². The first-order chi connectivity index (χ1) is 7.56. The van der Waals surface area contributed by atoms with Crippen LogP contribution in [-0.2, 0) is 6.54 Å². The molecule has 4 nitrogen and oxygen atoms in total. The van der Waals surface area contributed by atoms with Gasteiger partial charge in [-0.05, 0) is 26.2 Å². The number of aryl methyl sites for hydroxylation is 2. The average Bonchev–Trinajstić information content (AvgIpc) is 2.52. The van der Waals surface area contributed by atoms with E-state index in [1.165, 1.54) is 0 Å². The van der Waals surface area contributed by atoms with Gasteiger partial charge in [-0.3, -0.25) is 4.90 Å². The molecule has 2 heterocycles. The van der Waals surface area contributed by atoms with Crippen molar-refractivity contribution in [3.63, 3.8) is 0 Å². The van der Waals surface area contributed by atoms with Crippen molar-refractivity contribution in [3.05, 3.63) is 17.3 Å². The van der Waals surface area contributed by atoms with Crippen molar-refractivity contribution in [2.75, 3.05) is 13.1 Å². The Balaban J connectivity index is 1.95. The van der Waals surface area contributed by atoms with Gasteiger partial charge in [-0.15, -0.1) is 0 Å². The number of aromatic nitrogens is 1. The third kappa shape index (κ3) is 2.44. The number of likely N-dealkylation sites (tertiary alicyclic amines) is 1. The third-order valence-electron chi connectivity index (χ3n) is 3.38. The minimum Gasteiger partial charge on any atom is -0.444 e. The van der Waals surface area contributed by atoms with Crippen LogP contribution >= 0.6 is 0 Å². The predicted octanol–water partition coefficient (Wildman–Crippen LogP) is 1.49. The lowest BCUT2D eigenvalue weighted by Crippen LogP contribution is -2.41. The molecule has 2 rings (SSSR count). The lowest BCUT2D eigenvalue weighted by Gasteiger charge is -2.33. The van der Waals surface area contributed by atoms with E-state index in [4.69, 9.17) is 4.42 Å². The van der Waals surface area contributed by atoms with E-state index in [2.05, 4.69) is 16.8 Å². The van der Waals surface area contributed by atoms with Gasteiger partial charge in [0.15, 0.2) is 0 Å². The van der Waals surface area contributed by atoms with Gasteiger partial charge in [0.2, 0.25) is 5.89 Å². The van der Waals surface area contributed by atoms with Crippen LogP contribution in [0.2, 0.25) is 0 Å². The van der Waals surface area contributed by atoms with Crippen LogP contribution in [0.5, 0.6) is 0 Å². The Bertz CT molecular complexity index is 342. The summed E-state index contributed by atoms with van der Waals surface area (Å²) in [7, 11) is 0. The zero-order chi connectivity index (χ0) is 11.7. The average molecular weight is 224 g/mol. The van der Waals surface area contributed by atoms with Crippen molar-refractivity contribution in [1.82, 2.24) is 9.88 Å². The van der Waals surface area contributed by atoms with Gasteiger partial charge in [-0.2, -0.15) is 0 Å². The minimum absolute atomic E-state index is 0.149. The molecule has 1 fully saturated rings. The number of rotatable bonds is 2. The fourth-order valence-corrected chi connectivity index (χ4v) is 2.16. The van der Waals surface area contributed by atoms with E-state index in [1.54, 1.807) is 0 Å². The Kier molecular flexibility index (Phi) is 3.30. The molecule has 1 aromatic rings. The van der Waals surface area contributed by atoms with E-state index in [0.29, 0.717) is 5.92 Å². The molecular weight excluding hydrogens is 204 g/mol. The fourth-order valence-electron chi connectivity index (χ4n) is 2.16. The van der Waals surface area contributed by atoms with Crippen LogP contribution in [0.3, 0.4) is 0 Å². The zero-order valence-electron chi connectivity index (χ0n) is 10.2. The Morgan fingerprint density at radius 1 is 1.50 bits per heavy atom. The minimum atomic E-state index is -0.149. The van der Waals surface area contributed by atoms with Crippen molar-refractivity contribution in [2.24, 2.45) is 5.92 Å². The lowest BCUT2D eigenvalue weighted by atomic mass is 9.97. The number of hydrogen-bond donors (Lipinski definition) is 1. The van der Waals surface area contributed by atoms with Gasteiger partial charge in [0.1, 0.15) is 5.76 Å². The number of hydrogen-bond acceptors (Lipinski definition) is 4. The molecule has 1 N–H and O–H groups in total. The Labute approximate surface area is 96.3 Å². The molecule has 2 unspecified atom stereocenters. The summed E-state index contributed by atoms with van der Waals surface area (Å²) >= 11 is 0. The maximum atomic E-state index is 9.64. The molecule has 90 valence electrons. The first-order valence-corrected chi connectivity index (χ1v) is 5.89. The first-order valence-electron chi connectivity index (χ1n) is 5.89. The van der Waals surface area contributed by atoms with Crippen LogP contribution in [0.1, 0.15) is 30.7 Å². The smallest absolute Gasteiger partial charge is 0.208 e. The molecular formula is C12H20N2O2. The lowest BCUT2D eigenvalue weighted by molar-refractivity contribution is 0.0288. The first kappa shape index (κ1) is 11.6. The van der Waals surface area contributed by atoms with Crippen LogP contribution in [0.25, 0.3) is 0 Å². The highest BCUT2D eigenvalue weighted by Crippen LogP contribution is 2.19. The van der Waals surface area contributed by atoms with Crippen molar-refractivity contribution < 1.29 is 9.52 Å². The van der Waals surface area contributed by atoms with E-state index in [9.17, 15) is 5.11 Å². The topological polar surface area (TPSA) is 49.5 Å². The van der Waals surface area contributed by atoms with E-state index in [-0.39, 0.29) is 6.10 Å². The van der Waals surface area contributed by atoms with Crippen LogP contribution in [0.15, 0.2) is 4.42 Å². The molecule has 4 heteroatoms. The van der Waals surface area contributed by atoms with E-state index < -0.39 is 0 Å². The van der Waals surface area contributed by atoms with Gasteiger partial charge in [-0.1, -0.05) is 6.92 Å². The Morgan fingerprint density at radius 3 is 2.81 bits per heavy atom. The second-order valence-electron chi connectivity index (χ2n) is 4.82. The summed E-state index contributed by atoms with van der Waals surface area (Å²) in [4.78, 5) is 6.67. The molecule has 0 aliphatic carbocycles. The standard InChI is InChI=1S/C12H20N2O2/c1-8-6-14(5-4-11(8)15)7-12-13-9(2)10(3)16-12/h8,11,15H,4-7H2,1-3H3. The summed E-state index contributed by atoms with van der Waals surface area (Å²) in [6.07, 6.45) is 0.698. The molecule has 2 atom stereocenters. The summed E-state index contributed by atoms with van der Waals surface area (Å²) in [5, 5.41) is 9.64. The highest BCUT2D eigenvalue weighted by molar-refractivity contribution is 5.05. The van der Waals surface area contributed by atoms with Gasteiger partial charge < -0.3 is 9.52 Å². The molecule has 1 aromatic heterocycles. The van der Waals surface area contributed by atoms with Crippen molar-refractivity contribution >= 4 is 0 Å². The maximum Gasteiger partial charge on any atom is 0.208 e. The van der Waals surface area contributed by atoms with Crippen molar-refractivity contribution in [3.8, 4) is 0 Å². The molecule has 0 aromatic carbocycles. The molecule has 1 aliphatic rings. The van der Waals surface area contributed by atoms with Crippen molar-refractivity contribution in [2.45, 2.75) is 39.8 Å². The zero-order valence-corrected chi connectivity index (χ0v) is 10.2. The quantitative estimate of drug-likeness (QED) is 0.827. The molecule has 0 bridgehead atoms. The number of aliphatic hydroxyl groups is 1. The summed E-state index contributed by atoms with van der Waals surface area (Å²) in [6.45, 7) is 8.58. The molecule has 16 heavy (non-hydrogen) atoms. The van der Waals surface area contributed by atoms with E-state index >= 15 is 0 Å². The molecule has 0 radical (unpaired) electrons. The van der Waals surface area contributed by atoms with Gasteiger partial charge in [0.25, 0.3) is 0 Å². The SMILES string of the molecule is Cc1nc(CN2CCC(O)C(C)C2)oc1C. The Morgan fingerprint density at radius 2 is 2.25 bits per heavy atom. The summed E-state index contributed by atoms with van der Waals surface area (Å²) < 4.78 is 5.56. The fraction of sp³-hybridized carbons (Fsp3) is 0.750. The summed E-state index contributed by atoms with van der Waals surface area (Å²) in [6, 6.07) is 0. The molecule has 1 saturated heterocycles. The van der Waals surface area contributed by atoms with Gasteiger partial charge in [0, 0.05) is 13.1 Å². The molecule has 0 amide bonds. The second kappa shape index (κ2) is 4.55. The van der Waals surface area contributed by atoms with Crippen molar-refractivity contribution in [1.29, 1.82) is 0 Å². The molecule has 0 spiro atoms. The highest BCUT2D eigenvalue weighted by Gasteiger charge is 2.25. The molecule has 1 aliphatic heterocycles. The van der Waals surface area contributed by atoms with Gasteiger partial charge >= 0.3 is 0 Å². The normalized spacial score (nSPS) is 27.2. The van der Waals surface area contributed by atoms with E-state index in [1.807, 2.05) is 13.8 Å². The molecule has 0 saturated carbocycles. The second-order valence-corrected chi connectivity index (χ2v) is 4.82. The number of piperidine rings is 1. The van der Waals surface area contributed by atoms with Crippen LogP contribution in [0, 0.1) is 19.8 Å².